The maximum absolute atomic E-state index is 12.1. The Morgan fingerprint density at radius 3 is 2.56 bits per heavy atom. The van der Waals surface area contributed by atoms with Crippen molar-refractivity contribution in [3.05, 3.63) is 52.5 Å². The van der Waals surface area contributed by atoms with E-state index in [4.69, 9.17) is 4.74 Å². The summed E-state index contributed by atoms with van der Waals surface area (Å²) in [4.78, 5) is 13.3. The SMILES string of the molecule is COc1ccc(CNC(=O)Nc2ccc(SN3CCCCC3)cc2)cc1Br. The largest absolute Gasteiger partial charge is 0.496 e. The number of rotatable bonds is 6. The molecule has 1 aliphatic heterocycles. The molecule has 1 fully saturated rings. The maximum Gasteiger partial charge on any atom is 0.319 e. The van der Waals surface area contributed by atoms with Crippen molar-refractivity contribution >= 4 is 39.6 Å². The number of amides is 2. The summed E-state index contributed by atoms with van der Waals surface area (Å²) in [7, 11) is 1.63. The molecule has 0 bridgehead atoms. The van der Waals surface area contributed by atoms with Crippen molar-refractivity contribution in [2.45, 2.75) is 30.7 Å². The third-order valence-electron chi connectivity index (χ3n) is 4.33. The van der Waals surface area contributed by atoms with Crippen LogP contribution in [0.3, 0.4) is 0 Å². The lowest BCUT2D eigenvalue weighted by Gasteiger charge is -2.25. The standard InChI is InChI=1S/C20H24BrN3O2S/c1-26-19-10-5-15(13-18(19)21)14-22-20(25)23-16-6-8-17(9-7-16)27-24-11-3-2-4-12-24/h5-10,13H,2-4,11-12,14H2,1H3,(H2,22,23,25). The fraction of sp³-hybridized carbons (Fsp3) is 0.350. The first-order chi connectivity index (χ1) is 13.1. The Kier molecular flexibility index (Phi) is 7.43. The third kappa shape index (κ3) is 6.16. The average molecular weight is 450 g/mol. The highest BCUT2D eigenvalue weighted by Gasteiger charge is 2.11. The lowest BCUT2D eigenvalue weighted by Crippen LogP contribution is -2.28. The maximum atomic E-state index is 12.1. The molecule has 2 aromatic rings. The molecule has 2 aromatic carbocycles. The lowest BCUT2D eigenvalue weighted by molar-refractivity contribution is 0.251. The van der Waals surface area contributed by atoms with Gasteiger partial charge in [-0.3, -0.25) is 0 Å². The van der Waals surface area contributed by atoms with Crippen molar-refractivity contribution in [2.75, 3.05) is 25.5 Å². The number of hydrogen-bond acceptors (Lipinski definition) is 4. The molecule has 0 atom stereocenters. The molecular weight excluding hydrogens is 426 g/mol. The first-order valence-electron chi connectivity index (χ1n) is 9.04. The molecule has 1 heterocycles. The number of hydrogen-bond donors (Lipinski definition) is 2. The minimum atomic E-state index is -0.224. The van der Waals surface area contributed by atoms with Crippen LogP contribution in [-0.2, 0) is 6.54 Å². The van der Waals surface area contributed by atoms with E-state index in [0.29, 0.717) is 6.54 Å². The number of carbonyl (C=O) groups excluding carboxylic acids is 1. The van der Waals surface area contributed by atoms with Gasteiger partial charge in [-0.1, -0.05) is 12.5 Å². The summed E-state index contributed by atoms with van der Waals surface area (Å²) >= 11 is 5.25. The van der Waals surface area contributed by atoms with Crippen LogP contribution in [0.1, 0.15) is 24.8 Å². The van der Waals surface area contributed by atoms with Crippen LogP contribution in [0.4, 0.5) is 10.5 Å². The molecule has 3 rings (SSSR count). The van der Waals surface area contributed by atoms with Crippen molar-refractivity contribution in [3.8, 4) is 5.75 Å². The van der Waals surface area contributed by atoms with Crippen molar-refractivity contribution in [2.24, 2.45) is 0 Å². The smallest absolute Gasteiger partial charge is 0.319 e. The molecular formula is C20H24BrN3O2S. The minimum Gasteiger partial charge on any atom is -0.496 e. The molecule has 0 saturated carbocycles. The number of nitrogens with one attached hydrogen (secondary N) is 2. The van der Waals surface area contributed by atoms with Crippen molar-refractivity contribution in [1.82, 2.24) is 9.62 Å². The third-order valence-corrected chi connectivity index (χ3v) is 6.06. The number of urea groups is 1. The molecule has 0 unspecified atom stereocenters. The van der Waals surface area contributed by atoms with E-state index in [1.807, 2.05) is 30.3 Å². The summed E-state index contributed by atoms with van der Waals surface area (Å²) in [5.74, 6) is 0.769. The van der Waals surface area contributed by atoms with Gasteiger partial charge in [0.1, 0.15) is 5.75 Å². The van der Waals surface area contributed by atoms with E-state index in [2.05, 4.69) is 43.0 Å². The summed E-state index contributed by atoms with van der Waals surface area (Å²) in [5.41, 5.74) is 1.78. The first kappa shape index (κ1) is 20.0. The minimum absolute atomic E-state index is 0.224. The van der Waals surface area contributed by atoms with E-state index in [9.17, 15) is 4.79 Å². The molecule has 1 aliphatic rings. The lowest BCUT2D eigenvalue weighted by atomic mass is 10.2. The Balaban J connectivity index is 1.46. The molecule has 27 heavy (non-hydrogen) atoms. The van der Waals surface area contributed by atoms with Gasteiger partial charge in [-0.25, -0.2) is 9.10 Å². The first-order valence-corrected chi connectivity index (χ1v) is 10.6. The summed E-state index contributed by atoms with van der Waals surface area (Å²) < 4.78 is 8.49. The highest BCUT2D eigenvalue weighted by atomic mass is 79.9. The molecule has 7 heteroatoms. The van der Waals surface area contributed by atoms with E-state index in [-0.39, 0.29) is 6.03 Å². The van der Waals surface area contributed by atoms with Crippen LogP contribution >= 0.6 is 27.9 Å². The molecule has 1 saturated heterocycles. The Bertz CT molecular complexity index is 764. The van der Waals surface area contributed by atoms with Crippen LogP contribution in [-0.4, -0.2) is 30.5 Å². The second-order valence-corrected chi connectivity index (χ2v) is 8.41. The van der Waals surface area contributed by atoms with E-state index in [1.165, 1.54) is 24.2 Å². The average Bonchev–Trinajstić information content (AvgIpc) is 2.69. The van der Waals surface area contributed by atoms with Gasteiger partial charge < -0.3 is 15.4 Å². The fourth-order valence-corrected chi connectivity index (χ4v) is 4.47. The van der Waals surface area contributed by atoms with Gasteiger partial charge in [-0.15, -0.1) is 0 Å². The Morgan fingerprint density at radius 2 is 1.89 bits per heavy atom. The molecule has 2 amide bonds. The van der Waals surface area contributed by atoms with E-state index < -0.39 is 0 Å². The zero-order chi connectivity index (χ0) is 19.1. The van der Waals surface area contributed by atoms with E-state index >= 15 is 0 Å². The number of piperidine rings is 1. The molecule has 144 valence electrons. The molecule has 0 radical (unpaired) electrons. The van der Waals surface area contributed by atoms with Gasteiger partial charge in [0.2, 0.25) is 0 Å². The summed E-state index contributed by atoms with van der Waals surface area (Å²) in [6.45, 7) is 2.74. The van der Waals surface area contributed by atoms with Crippen molar-refractivity contribution < 1.29 is 9.53 Å². The number of halogens is 1. The Labute approximate surface area is 173 Å². The van der Waals surface area contributed by atoms with Gasteiger partial charge in [-0.2, -0.15) is 0 Å². The Morgan fingerprint density at radius 1 is 1.15 bits per heavy atom. The summed E-state index contributed by atoms with van der Waals surface area (Å²) in [6, 6.07) is 13.5. The highest BCUT2D eigenvalue weighted by Crippen LogP contribution is 2.27. The van der Waals surface area contributed by atoms with Crippen LogP contribution in [0.2, 0.25) is 0 Å². The predicted octanol–water partition coefficient (Wildman–Crippen LogP) is 5.27. The number of carbonyl (C=O) groups is 1. The monoisotopic (exact) mass is 449 g/mol. The summed E-state index contributed by atoms with van der Waals surface area (Å²) in [6.07, 6.45) is 3.89. The zero-order valence-electron chi connectivity index (χ0n) is 15.3. The molecule has 0 spiro atoms. The molecule has 2 N–H and O–H groups in total. The zero-order valence-corrected chi connectivity index (χ0v) is 17.7. The van der Waals surface area contributed by atoms with Crippen molar-refractivity contribution in [3.63, 3.8) is 0 Å². The quantitative estimate of drug-likeness (QED) is 0.589. The summed E-state index contributed by atoms with van der Waals surface area (Å²) in [5, 5.41) is 5.74. The van der Waals surface area contributed by atoms with Gasteiger partial charge in [0.25, 0.3) is 0 Å². The topological polar surface area (TPSA) is 53.6 Å². The number of benzene rings is 2. The van der Waals surface area contributed by atoms with Gasteiger partial charge in [0.15, 0.2) is 0 Å². The Hall–Kier alpha value is -1.70. The van der Waals surface area contributed by atoms with E-state index in [1.54, 1.807) is 19.1 Å². The van der Waals surface area contributed by atoms with Gasteiger partial charge >= 0.3 is 6.03 Å². The number of ether oxygens (including phenoxy) is 1. The normalized spacial score (nSPS) is 14.6. The van der Waals surface area contributed by atoms with E-state index in [0.717, 1.165) is 34.6 Å². The predicted molar refractivity (Wildman–Crippen MR) is 114 cm³/mol. The van der Waals surface area contributed by atoms with Crippen molar-refractivity contribution in [1.29, 1.82) is 0 Å². The molecule has 0 aromatic heterocycles. The van der Waals surface area contributed by atoms with Crippen LogP contribution in [0.25, 0.3) is 0 Å². The molecule has 0 aliphatic carbocycles. The van der Waals surface area contributed by atoms with Gasteiger partial charge in [-0.05, 0) is 82.7 Å². The van der Waals surface area contributed by atoms with Gasteiger partial charge in [0.05, 0.1) is 11.6 Å². The second kappa shape index (κ2) is 10.0. The van der Waals surface area contributed by atoms with Crippen LogP contribution in [0, 0.1) is 0 Å². The van der Waals surface area contributed by atoms with Crippen LogP contribution < -0.4 is 15.4 Å². The van der Waals surface area contributed by atoms with Crippen LogP contribution in [0.5, 0.6) is 5.75 Å². The van der Waals surface area contributed by atoms with Crippen LogP contribution in [0.15, 0.2) is 51.8 Å². The number of nitrogens with zero attached hydrogens (tertiary/aromatic N) is 1. The second-order valence-electron chi connectivity index (χ2n) is 6.38. The fourth-order valence-electron chi connectivity index (χ4n) is 2.88. The number of methoxy groups -OCH3 is 1. The van der Waals surface area contributed by atoms with Gasteiger partial charge in [0, 0.05) is 30.2 Å². The highest BCUT2D eigenvalue weighted by molar-refractivity contribution is 9.10. The molecule has 5 nitrogen and oxygen atoms in total. The number of anilines is 1.